The second-order valence-electron chi connectivity index (χ2n) is 11.4. The maximum atomic E-state index is 13.4. The van der Waals surface area contributed by atoms with Crippen molar-refractivity contribution in [3.05, 3.63) is 65.8 Å². The van der Waals surface area contributed by atoms with Crippen molar-refractivity contribution in [3.8, 4) is 0 Å². The van der Waals surface area contributed by atoms with E-state index in [0.717, 1.165) is 40.8 Å². The molecule has 0 spiro atoms. The molecule has 2 saturated carbocycles. The van der Waals surface area contributed by atoms with E-state index >= 15 is 0 Å². The Kier molecular flexibility index (Phi) is 5.63. The molecule has 0 aromatic carbocycles. The van der Waals surface area contributed by atoms with Crippen molar-refractivity contribution < 1.29 is 4.79 Å². The predicted molar refractivity (Wildman–Crippen MR) is 142 cm³/mol. The number of nitrogens with zero attached hydrogens (tertiary/aromatic N) is 6. The van der Waals surface area contributed by atoms with Crippen LogP contribution in [0.4, 0.5) is 5.69 Å². The molecule has 4 heterocycles. The summed E-state index contributed by atoms with van der Waals surface area (Å²) in [6.45, 7) is 5.22. The summed E-state index contributed by atoms with van der Waals surface area (Å²) in [5.74, 6) is 1.28. The number of anilines is 1. The van der Waals surface area contributed by atoms with Crippen LogP contribution in [-0.2, 0) is 26.1 Å². The van der Waals surface area contributed by atoms with Crippen LogP contribution in [0.5, 0.6) is 0 Å². The Balaban J connectivity index is 1.28. The molecule has 4 aromatic rings. The van der Waals surface area contributed by atoms with Crippen LogP contribution < -0.4 is 10.6 Å². The highest BCUT2D eigenvalue weighted by Crippen LogP contribution is 2.51. The Labute approximate surface area is 216 Å². The number of hydrogen-bond donors (Lipinski definition) is 2. The highest BCUT2D eigenvalue weighted by atomic mass is 16.1. The largest absolute Gasteiger partial charge is 0.336 e. The first-order valence-corrected chi connectivity index (χ1v) is 13.1. The second-order valence-corrected chi connectivity index (χ2v) is 11.4. The van der Waals surface area contributed by atoms with Crippen molar-refractivity contribution >= 4 is 22.6 Å². The van der Waals surface area contributed by atoms with E-state index in [0.29, 0.717) is 23.8 Å². The molecular weight excluding hydrogens is 464 g/mol. The third-order valence-corrected chi connectivity index (χ3v) is 8.40. The minimum Gasteiger partial charge on any atom is -0.336 e. The summed E-state index contributed by atoms with van der Waals surface area (Å²) in [7, 11) is 3.93. The number of carbonyl (C=O) groups excluding carboxylic acids is 1. The molecule has 1 amide bonds. The summed E-state index contributed by atoms with van der Waals surface area (Å²) >= 11 is 0. The molecule has 0 radical (unpaired) electrons. The highest BCUT2D eigenvalue weighted by Gasteiger charge is 2.48. The Morgan fingerprint density at radius 3 is 2.65 bits per heavy atom. The first-order valence-electron chi connectivity index (χ1n) is 13.1. The third kappa shape index (κ3) is 4.11. The van der Waals surface area contributed by atoms with Crippen LogP contribution in [-0.4, -0.2) is 40.7 Å². The predicted octanol–water partition coefficient (Wildman–Crippen LogP) is 4.10. The third-order valence-electron chi connectivity index (χ3n) is 8.40. The van der Waals surface area contributed by atoms with Gasteiger partial charge in [-0.1, -0.05) is 6.92 Å². The zero-order valence-electron chi connectivity index (χ0n) is 22.0. The van der Waals surface area contributed by atoms with Gasteiger partial charge >= 0.3 is 0 Å². The molecule has 192 valence electrons. The standard InChI is InChI=1S/C28H34N8O/c1-18-12-28(13-18,26-34-31-17-36(26)4)20-11-21(16-29-15-20)32-25(37)23-10-19(14-30-27(2)7-5-8-27)22-6-9-35(3)24(22)33-23/h6,9-11,15-18,30H,5,7-8,12-14H2,1-4H3,(H,32,37). The second kappa shape index (κ2) is 8.76. The van der Waals surface area contributed by atoms with Gasteiger partial charge in [0.25, 0.3) is 5.91 Å². The number of pyridine rings is 2. The highest BCUT2D eigenvalue weighted by molar-refractivity contribution is 6.04. The summed E-state index contributed by atoms with van der Waals surface area (Å²) in [5, 5.41) is 16.4. The number of aryl methyl sites for hydroxylation is 2. The van der Waals surface area contributed by atoms with E-state index < -0.39 is 0 Å². The fourth-order valence-electron chi connectivity index (χ4n) is 6.11. The molecule has 0 aliphatic heterocycles. The molecule has 2 N–H and O–H groups in total. The zero-order valence-corrected chi connectivity index (χ0v) is 22.0. The average molecular weight is 499 g/mol. The van der Waals surface area contributed by atoms with E-state index in [2.05, 4.69) is 45.7 Å². The SMILES string of the molecule is CC1CC(c2cncc(NC(=O)c3cc(CNC4(C)CCC4)c4ccn(C)c4n3)c2)(c2nncn2C)C1. The van der Waals surface area contributed by atoms with Gasteiger partial charge in [-0.05, 0) is 74.3 Å². The van der Waals surface area contributed by atoms with E-state index in [4.69, 9.17) is 4.98 Å². The zero-order chi connectivity index (χ0) is 25.8. The number of aromatic nitrogens is 6. The Morgan fingerprint density at radius 1 is 1.16 bits per heavy atom. The fourth-order valence-corrected chi connectivity index (χ4v) is 6.11. The number of carbonyl (C=O) groups is 1. The number of rotatable bonds is 7. The maximum absolute atomic E-state index is 13.4. The lowest BCUT2D eigenvalue weighted by molar-refractivity contribution is 0.102. The van der Waals surface area contributed by atoms with Crippen LogP contribution in [0.2, 0.25) is 0 Å². The van der Waals surface area contributed by atoms with Gasteiger partial charge in [-0.15, -0.1) is 10.2 Å². The van der Waals surface area contributed by atoms with Gasteiger partial charge < -0.3 is 19.8 Å². The molecule has 9 nitrogen and oxygen atoms in total. The van der Waals surface area contributed by atoms with E-state index in [1.54, 1.807) is 12.5 Å². The topological polar surface area (TPSA) is 103 Å². The van der Waals surface area contributed by atoms with Gasteiger partial charge in [0, 0.05) is 44.0 Å². The molecule has 9 heteroatoms. The molecule has 2 aliphatic carbocycles. The number of amides is 1. The quantitative estimate of drug-likeness (QED) is 0.398. The first-order chi connectivity index (χ1) is 17.8. The Morgan fingerprint density at radius 2 is 1.97 bits per heavy atom. The number of nitrogens with one attached hydrogen (secondary N) is 2. The van der Waals surface area contributed by atoms with Crippen molar-refractivity contribution in [2.45, 2.75) is 63.5 Å². The lowest BCUT2D eigenvalue weighted by Gasteiger charge is -2.45. The lowest BCUT2D eigenvalue weighted by Crippen LogP contribution is -2.47. The van der Waals surface area contributed by atoms with Crippen molar-refractivity contribution in [2.75, 3.05) is 5.32 Å². The fraction of sp³-hybridized carbons (Fsp3) is 0.464. The molecule has 37 heavy (non-hydrogen) atoms. The van der Waals surface area contributed by atoms with Crippen molar-refractivity contribution in [1.29, 1.82) is 0 Å². The van der Waals surface area contributed by atoms with Gasteiger partial charge in [-0.2, -0.15) is 0 Å². The van der Waals surface area contributed by atoms with Crippen LogP contribution in [0.25, 0.3) is 11.0 Å². The summed E-state index contributed by atoms with van der Waals surface area (Å²) in [6.07, 6.45) is 12.9. The minimum absolute atomic E-state index is 0.177. The summed E-state index contributed by atoms with van der Waals surface area (Å²) < 4.78 is 3.95. The molecule has 0 bridgehead atoms. The number of hydrogen-bond acceptors (Lipinski definition) is 6. The molecule has 0 unspecified atom stereocenters. The van der Waals surface area contributed by atoms with Gasteiger partial charge in [-0.3, -0.25) is 9.78 Å². The molecular formula is C28H34N8O. The molecule has 6 rings (SSSR count). The van der Waals surface area contributed by atoms with Gasteiger partial charge in [0.05, 0.1) is 17.3 Å². The Bertz CT molecular complexity index is 1470. The molecule has 2 fully saturated rings. The van der Waals surface area contributed by atoms with Crippen LogP contribution in [0.15, 0.2) is 43.1 Å². The normalized spacial score (nSPS) is 22.4. The van der Waals surface area contributed by atoms with E-state index in [1.807, 2.05) is 47.8 Å². The van der Waals surface area contributed by atoms with Crippen molar-refractivity contribution in [1.82, 2.24) is 34.6 Å². The first kappa shape index (κ1) is 23.8. The van der Waals surface area contributed by atoms with Crippen LogP contribution >= 0.6 is 0 Å². The van der Waals surface area contributed by atoms with Crippen LogP contribution in [0.1, 0.15) is 73.4 Å². The molecule has 0 atom stereocenters. The summed E-state index contributed by atoms with van der Waals surface area (Å²) in [4.78, 5) is 22.6. The van der Waals surface area contributed by atoms with Gasteiger partial charge in [0.15, 0.2) is 0 Å². The summed E-state index contributed by atoms with van der Waals surface area (Å²) in [5.41, 5.74) is 3.92. The van der Waals surface area contributed by atoms with Crippen LogP contribution in [0.3, 0.4) is 0 Å². The van der Waals surface area contributed by atoms with E-state index in [9.17, 15) is 4.79 Å². The Hall–Kier alpha value is -3.59. The van der Waals surface area contributed by atoms with Crippen molar-refractivity contribution in [3.63, 3.8) is 0 Å². The van der Waals surface area contributed by atoms with Gasteiger partial charge in [0.2, 0.25) is 0 Å². The lowest BCUT2D eigenvalue weighted by atomic mass is 9.59. The molecule has 2 aliphatic rings. The van der Waals surface area contributed by atoms with E-state index in [-0.39, 0.29) is 16.9 Å². The van der Waals surface area contributed by atoms with Crippen LogP contribution in [0, 0.1) is 5.92 Å². The monoisotopic (exact) mass is 498 g/mol. The average Bonchev–Trinajstić information content (AvgIpc) is 3.45. The number of fused-ring (bicyclic) bond motifs is 1. The van der Waals surface area contributed by atoms with Gasteiger partial charge in [0.1, 0.15) is 23.5 Å². The van der Waals surface area contributed by atoms with Gasteiger partial charge in [-0.25, -0.2) is 4.98 Å². The minimum atomic E-state index is -0.243. The molecule has 4 aromatic heterocycles. The maximum Gasteiger partial charge on any atom is 0.274 e. The smallest absolute Gasteiger partial charge is 0.274 e. The van der Waals surface area contributed by atoms with E-state index in [1.165, 1.54) is 19.3 Å². The molecule has 0 saturated heterocycles. The summed E-state index contributed by atoms with van der Waals surface area (Å²) in [6, 6.07) is 6.01. The van der Waals surface area contributed by atoms with Crippen molar-refractivity contribution in [2.24, 2.45) is 20.0 Å².